The molecule has 0 aliphatic heterocycles. The Morgan fingerprint density at radius 3 is 1.02 bits per heavy atom. The Hall–Kier alpha value is -1.59. The highest BCUT2D eigenvalue weighted by atomic mass is 16.6. The van der Waals surface area contributed by atoms with Crippen LogP contribution in [0.4, 0.5) is 0 Å². The molecule has 0 amide bonds. The molecule has 0 rings (SSSR count). The average molecular weight is 793 g/mol. The SMILES string of the molecule is CCCCCCCCCCCCC(=O)OC[C@H](COC(=O)CCCCCCCCCCC(C)CC)OC(=O)CCCCCCCCCCCCCCCC(C)C. The maximum Gasteiger partial charge on any atom is 0.306 e. The van der Waals surface area contributed by atoms with Gasteiger partial charge in [0.05, 0.1) is 0 Å². The average Bonchev–Trinajstić information content (AvgIpc) is 3.18. The molecule has 56 heavy (non-hydrogen) atoms. The van der Waals surface area contributed by atoms with Crippen LogP contribution < -0.4 is 0 Å². The van der Waals surface area contributed by atoms with Crippen LogP contribution in [0.1, 0.15) is 272 Å². The van der Waals surface area contributed by atoms with Crippen LogP contribution in [0.5, 0.6) is 0 Å². The zero-order valence-electron chi connectivity index (χ0n) is 38.3. The van der Waals surface area contributed by atoms with Gasteiger partial charge in [-0.3, -0.25) is 14.4 Å². The highest BCUT2D eigenvalue weighted by molar-refractivity contribution is 5.71. The van der Waals surface area contributed by atoms with Crippen LogP contribution in [0, 0.1) is 11.8 Å². The smallest absolute Gasteiger partial charge is 0.306 e. The van der Waals surface area contributed by atoms with Gasteiger partial charge in [0, 0.05) is 19.3 Å². The van der Waals surface area contributed by atoms with Crippen molar-refractivity contribution in [1.29, 1.82) is 0 Å². The van der Waals surface area contributed by atoms with Gasteiger partial charge in [-0.25, -0.2) is 0 Å². The molecule has 0 aliphatic rings. The summed E-state index contributed by atoms with van der Waals surface area (Å²) in [7, 11) is 0. The summed E-state index contributed by atoms with van der Waals surface area (Å²) in [5.41, 5.74) is 0. The lowest BCUT2D eigenvalue weighted by Crippen LogP contribution is -2.30. The summed E-state index contributed by atoms with van der Waals surface area (Å²) >= 11 is 0. The topological polar surface area (TPSA) is 78.9 Å². The molecule has 0 aromatic rings. The van der Waals surface area contributed by atoms with E-state index < -0.39 is 6.10 Å². The first-order valence-corrected chi connectivity index (χ1v) is 24.8. The van der Waals surface area contributed by atoms with E-state index in [1.807, 2.05) is 0 Å². The van der Waals surface area contributed by atoms with Crippen LogP contribution in [0.2, 0.25) is 0 Å². The molecule has 0 aromatic heterocycles. The molecule has 0 spiro atoms. The third-order valence-corrected chi connectivity index (χ3v) is 11.6. The zero-order valence-corrected chi connectivity index (χ0v) is 38.3. The van der Waals surface area contributed by atoms with Gasteiger partial charge in [0.25, 0.3) is 0 Å². The molecule has 0 aromatic carbocycles. The molecule has 0 saturated heterocycles. The summed E-state index contributed by atoms with van der Waals surface area (Å²) in [5, 5.41) is 0. The van der Waals surface area contributed by atoms with Crippen LogP contribution in [-0.2, 0) is 28.6 Å². The van der Waals surface area contributed by atoms with Crippen molar-refractivity contribution in [3.63, 3.8) is 0 Å². The fourth-order valence-corrected chi connectivity index (χ4v) is 7.43. The molecular formula is C50H96O6. The predicted octanol–water partition coefficient (Wildman–Crippen LogP) is 15.8. The minimum absolute atomic E-state index is 0.0644. The molecule has 0 saturated carbocycles. The fraction of sp³-hybridized carbons (Fsp3) is 0.940. The molecule has 0 bridgehead atoms. The van der Waals surface area contributed by atoms with E-state index in [0.29, 0.717) is 19.3 Å². The van der Waals surface area contributed by atoms with Crippen LogP contribution in [0.15, 0.2) is 0 Å². The number of carbonyl (C=O) groups is 3. The lowest BCUT2D eigenvalue weighted by molar-refractivity contribution is -0.167. The van der Waals surface area contributed by atoms with E-state index in [1.54, 1.807) is 0 Å². The van der Waals surface area contributed by atoms with E-state index in [1.165, 1.54) is 161 Å². The number of hydrogen-bond donors (Lipinski definition) is 0. The number of esters is 3. The van der Waals surface area contributed by atoms with Gasteiger partial charge in [0.2, 0.25) is 0 Å². The first-order chi connectivity index (χ1) is 27.3. The predicted molar refractivity (Wildman–Crippen MR) is 238 cm³/mol. The lowest BCUT2D eigenvalue weighted by Gasteiger charge is -2.18. The summed E-state index contributed by atoms with van der Waals surface area (Å²) in [6.07, 6.45) is 42.2. The van der Waals surface area contributed by atoms with E-state index in [-0.39, 0.29) is 31.1 Å². The van der Waals surface area contributed by atoms with Gasteiger partial charge in [-0.05, 0) is 31.1 Å². The maximum absolute atomic E-state index is 12.8. The Bertz CT molecular complexity index is 856. The normalized spacial score (nSPS) is 12.5. The van der Waals surface area contributed by atoms with Crippen LogP contribution in [0.25, 0.3) is 0 Å². The second kappa shape index (κ2) is 43.0. The molecule has 2 atom stereocenters. The van der Waals surface area contributed by atoms with Gasteiger partial charge in [0.15, 0.2) is 6.10 Å². The summed E-state index contributed by atoms with van der Waals surface area (Å²) in [5.74, 6) is 0.832. The van der Waals surface area contributed by atoms with Crippen molar-refractivity contribution in [3.8, 4) is 0 Å². The van der Waals surface area contributed by atoms with Crippen LogP contribution >= 0.6 is 0 Å². The van der Waals surface area contributed by atoms with Gasteiger partial charge in [-0.2, -0.15) is 0 Å². The quantitative estimate of drug-likeness (QED) is 0.0347. The Labute approximate surface area is 348 Å². The molecule has 6 heteroatoms. The van der Waals surface area contributed by atoms with Crippen molar-refractivity contribution in [2.75, 3.05) is 13.2 Å². The summed E-state index contributed by atoms with van der Waals surface area (Å²) in [6, 6.07) is 0. The third kappa shape index (κ3) is 42.0. The molecule has 6 nitrogen and oxygen atoms in total. The number of carbonyl (C=O) groups excluding carboxylic acids is 3. The highest BCUT2D eigenvalue weighted by Crippen LogP contribution is 2.17. The standard InChI is InChI=1S/C50H96O6/c1-6-8-9-10-11-12-19-25-30-35-40-48(51)54-43-47(44-55-49(52)41-36-31-26-22-21-24-29-34-39-46(5)7-2)56-50(53)42-37-32-27-20-17-15-13-14-16-18-23-28-33-38-45(3)4/h45-47H,6-44H2,1-5H3/t46?,47-/m1/s1. The van der Waals surface area contributed by atoms with Gasteiger partial charge < -0.3 is 14.2 Å². The van der Waals surface area contributed by atoms with E-state index in [4.69, 9.17) is 14.2 Å². The van der Waals surface area contributed by atoms with Crippen LogP contribution in [-0.4, -0.2) is 37.2 Å². The number of unbranched alkanes of at least 4 members (excludes halogenated alkanes) is 28. The van der Waals surface area contributed by atoms with Crippen molar-refractivity contribution in [1.82, 2.24) is 0 Å². The van der Waals surface area contributed by atoms with Gasteiger partial charge in [-0.1, -0.05) is 234 Å². The molecule has 0 fully saturated rings. The molecular weight excluding hydrogens is 697 g/mol. The molecule has 332 valence electrons. The van der Waals surface area contributed by atoms with E-state index in [0.717, 1.165) is 69.6 Å². The number of ether oxygens (including phenoxy) is 3. The van der Waals surface area contributed by atoms with Crippen molar-refractivity contribution < 1.29 is 28.6 Å². The lowest BCUT2D eigenvalue weighted by atomic mass is 9.99. The van der Waals surface area contributed by atoms with Crippen molar-refractivity contribution in [3.05, 3.63) is 0 Å². The molecule has 0 aliphatic carbocycles. The van der Waals surface area contributed by atoms with E-state index in [9.17, 15) is 14.4 Å². The Balaban J connectivity index is 4.31. The molecule has 0 heterocycles. The first-order valence-electron chi connectivity index (χ1n) is 24.8. The van der Waals surface area contributed by atoms with Gasteiger partial charge >= 0.3 is 17.9 Å². The zero-order chi connectivity index (χ0) is 41.2. The van der Waals surface area contributed by atoms with Gasteiger partial charge in [-0.15, -0.1) is 0 Å². The summed E-state index contributed by atoms with van der Waals surface area (Å²) in [6.45, 7) is 11.4. The third-order valence-electron chi connectivity index (χ3n) is 11.6. The second-order valence-electron chi connectivity index (χ2n) is 17.8. The Morgan fingerprint density at radius 1 is 0.375 bits per heavy atom. The minimum Gasteiger partial charge on any atom is -0.462 e. The molecule has 1 unspecified atom stereocenters. The van der Waals surface area contributed by atoms with Crippen molar-refractivity contribution in [2.45, 2.75) is 278 Å². The fourth-order valence-electron chi connectivity index (χ4n) is 7.43. The summed E-state index contributed by atoms with van der Waals surface area (Å²) < 4.78 is 16.8. The largest absolute Gasteiger partial charge is 0.462 e. The first kappa shape index (κ1) is 54.4. The van der Waals surface area contributed by atoms with Crippen molar-refractivity contribution >= 4 is 17.9 Å². The second-order valence-corrected chi connectivity index (χ2v) is 17.8. The monoisotopic (exact) mass is 793 g/mol. The van der Waals surface area contributed by atoms with E-state index >= 15 is 0 Å². The number of hydrogen-bond acceptors (Lipinski definition) is 6. The maximum atomic E-state index is 12.8. The van der Waals surface area contributed by atoms with E-state index in [2.05, 4.69) is 34.6 Å². The Morgan fingerprint density at radius 2 is 0.679 bits per heavy atom. The van der Waals surface area contributed by atoms with Crippen molar-refractivity contribution in [2.24, 2.45) is 11.8 Å². The highest BCUT2D eigenvalue weighted by Gasteiger charge is 2.19. The van der Waals surface area contributed by atoms with Crippen LogP contribution in [0.3, 0.4) is 0 Å². The molecule has 0 radical (unpaired) electrons. The molecule has 0 N–H and O–H groups in total. The minimum atomic E-state index is -0.761. The van der Waals surface area contributed by atoms with Gasteiger partial charge in [0.1, 0.15) is 13.2 Å². The Kier molecular flexibility index (Phi) is 41.8. The summed E-state index contributed by atoms with van der Waals surface area (Å²) in [4.78, 5) is 37.8. The number of rotatable bonds is 44.